The Hall–Kier alpha value is -2.57. The largest absolute Gasteiger partial charge is 0.371 e. The molecule has 1 aliphatic rings. The van der Waals surface area contributed by atoms with E-state index in [1.54, 1.807) is 30.3 Å². The molecule has 1 aromatic carbocycles. The van der Waals surface area contributed by atoms with Gasteiger partial charge in [-0.25, -0.2) is 14.2 Å². The van der Waals surface area contributed by atoms with Crippen LogP contribution in [0.25, 0.3) is 0 Å². The number of hydrogen-bond donors (Lipinski definition) is 2. The summed E-state index contributed by atoms with van der Waals surface area (Å²) < 4.78 is 13.0. The van der Waals surface area contributed by atoms with E-state index in [1.807, 2.05) is 6.92 Å². The van der Waals surface area contributed by atoms with Crippen molar-refractivity contribution < 1.29 is 9.18 Å². The Balaban J connectivity index is 1.44. The minimum absolute atomic E-state index is 0.103. The summed E-state index contributed by atoms with van der Waals surface area (Å²) >= 11 is 0. The third-order valence-electron chi connectivity index (χ3n) is 4.51. The number of aromatic nitrogens is 2. The smallest absolute Gasteiger partial charge is 0.317 e. The molecule has 1 fully saturated rings. The number of hydrogen-bond acceptors (Lipinski definition) is 3. The van der Waals surface area contributed by atoms with Crippen molar-refractivity contribution in [3.63, 3.8) is 0 Å². The number of benzene rings is 1. The molecule has 3 rings (SSSR count). The molecule has 25 heavy (non-hydrogen) atoms. The van der Waals surface area contributed by atoms with Gasteiger partial charge in [0.1, 0.15) is 11.6 Å². The van der Waals surface area contributed by atoms with Gasteiger partial charge < -0.3 is 20.1 Å². The summed E-state index contributed by atoms with van der Waals surface area (Å²) in [6, 6.07) is 6.46. The van der Waals surface area contributed by atoms with E-state index < -0.39 is 0 Å². The molecule has 6 nitrogen and oxygen atoms in total. The monoisotopic (exact) mass is 345 g/mol. The fraction of sp³-hybridized carbons (Fsp3) is 0.444. The predicted octanol–water partition coefficient (Wildman–Crippen LogP) is 2.53. The van der Waals surface area contributed by atoms with Gasteiger partial charge in [-0.15, -0.1) is 0 Å². The zero-order valence-electron chi connectivity index (χ0n) is 14.6. The number of nitrogens with zero attached hydrogens (tertiary/aromatic N) is 3. The van der Waals surface area contributed by atoms with Gasteiger partial charge in [0, 0.05) is 44.3 Å². The molecular weight excluding hydrogens is 321 g/mol. The van der Waals surface area contributed by atoms with Gasteiger partial charge in [-0.3, -0.25) is 0 Å². The van der Waals surface area contributed by atoms with Crippen LogP contribution in [0.4, 0.5) is 14.9 Å². The van der Waals surface area contributed by atoms with Crippen LogP contribution >= 0.6 is 0 Å². The first-order valence-corrected chi connectivity index (χ1v) is 8.51. The van der Waals surface area contributed by atoms with E-state index in [1.165, 1.54) is 12.1 Å². The number of anilines is 1. The molecule has 0 aliphatic carbocycles. The van der Waals surface area contributed by atoms with Crippen molar-refractivity contribution in [3.05, 3.63) is 47.8 Å². The number of amides is 2. The Bertz CT molecular complexity index is 715. The Morgan fingerprint density at radius 1 is 1.44 bits per heavy atom. The van der Waals surface area contributed by atoms with Crippen LogP contribution < -0.4 is 10.2 Å². The van der Waals surface area contributed by atoms with Gasteiger partial charge in [-0.05, 0) is 43.5 Å². The summed E-state index contributed by atoms with van der Waals surface area (Å²) in [6.07, 6.45) is 2.77. The van der Waals surface area contributed by atoms with Gasteiger partial charge in [0.2, 0.25) is 0 Å². The van der Waals surface area contributed by atoms with E-state index in [9.17, 15) is 9.18 Å². The van der Waals surface area contributed by atoms with Crippen LogP contribution in [-0.2, 0) is 6.54 Å². The molecule has 2 N–H and O–H groups in total. The summed E-state index contributed by atoms with van der Waals surface area (Å²) in [5.74, 6) is 0.952. The number of H-pyrrole nitrogens is 1. The van der Waals surface area contributed by atoms with Crippen molar-refractivity contribution in [2.75, 3.05) is 31.6 Å². The van der Waals surface area contributed by atoms with E-state index in [0.29, 0.717) is 19.0 Å². The van der Waals surface area contributed by atoms with Gasteiger partial charge >= 0.3 is 6.03 Å². The van der Waals surface area contributed by atoms with E-state index in [0.717, 1.165) is 36.7 Å². The Morgan fingerprint density at radius 3 is 2.88 bits per heavy atom. The molecule has 0 spiro atoms. The molecule has 0 unspecified atom stereocenters. The topological polar surface area (TPSA) is 64.3 Å². The lowest BCUT2D eigenvalue weighted by molar-refractivity contribution is 0.204. The van der Waals surface area contributed by atoms with Crippen molar-refractivity contribution in [3.8, 4) is 0 Å². The number of nitrogens with one attached hydrogen (secondary N) is 2. The van der Waals surface area contributed by atoms with Crippen LogP contribution in [0, 0.1) is 18.7 Å². The van der Waals surface area contributed by atoms with Crippen LogP contribution in [0.3, 0.4) is 0 Å². The zero-order valence-corrected chi connectivity index (χ0v) is 14.6. The molecular formula is C18H24FN5O. The minimum atomic E-state index is -0.221. The quantitative estimate of drug-likeness (QED) is 0.875. The third-order valence-corrected chi connectivity index (χ3v) is 4.51. The molecule has 0 saturated carbocycles. The lowest BCUT2D eigenvalue weighted by Gasteiger charge is -2.20. The Morgan fingerprint density at radius 2 is 2.20 bits per heavy atom. The van der Waals surface area contributed by atoms with E-state index in [-0.39, 0.29) is 11.8 Å². The van der Waals surface area contributed by atoms with Crippen LogP contribution in [0.1, 0.15) is 17.9 Å². The number of carbonyl (C=O) groups is 1. The summed E-state index contributed by atoms with van der Waals surface area (Å²) in [6.45, 7) is 4.81. The van der Waals surface area contributed by atoms with Crippen molar-refractivity contribution in [2.45, 2.75) is 19.9 Å². The van der Waals surface area contributed by atoms with Gasteiger partial charge in [-0.1, -0.05) is 0 Å². The average Bonchev–Trinajstić information content (AvgIpc) is 3.22. The zero-order chi connectivity index (χ0) is 17.8. The SMILES string of the molecule is Cc1cnc(CN(C)C(=O)NC[C@H]2CCN(c3ccc(F)cc3)C2)[nH]1. The maximum Gasteiger partial charge on any atom is 0.317 e. The molecule has 0 bridgehead atoms. The fourth-order valence-electron chi connectivity index (χ4n) is 3.10. The van der Waals surface area contributed by atoms with Crippen molar-refractivity contribution in [1.82, 2.24) is 20.2 Å². The molecule has 1 aromatic heterocycles. The lowest BCUT2D eigenvalue weighted by Crippen LogP contribution is -2.39. The number of imidazole rings is 1. The van der Waals surface area contributed by atoms with Crippen molar-refractivity contribution in [2.24, 2.45) is 5.92 Å². The standard InChI is InChI=1S/C18H24FN5O/c1-13-9-20-17(22-13)12-23(2)18(25)21-10-14-7-8-24(11-14)16-5-3-15(19)4-6-16/h3-6,9,14H,7-8,10-12H2,1-2H3,(H,20,22)(H,21,25)/t14-/m1/s1. The van der Waals surface area contributed by atoms with E-state index in [4.69, 9.17) is 0 Å². The number of urea groups is 1. The third kappa shape index (κ3) is 4.49. The van der Waals surface area contributed by atoms with Crippen LogP contribution in [0.5, 0.6) is 0 Å². The molecule has 2 heterocycles. The number of aromatic amines is 1. The highest BCUT2D eigenvalue weighted by Gasteiger charge is 2.23. The maximum atomic E-state index is 13.0. The molecule has 2 aromatic rings. The second kappa shape index (κ2) is 7.55. The van der Waals surface area contributed by atoms with Gasteiger partial charge in [0.05, 0.1) is 6.54 Å². The maximum absolute atomic E-state index is 13.0. The molecule has 7 heteroatoms. The highest BCUT2D eigenvalue weighted by atomic mass is 19.1. The predicted molar refractivity (Wildman–Crippen MR) is 94.9 cm³/mol. The van der Waals surface area contributed by atoms with E-state index in [2.05, 4.69) is 20.2 Å². The second-order valence-corrected chi connectivity index (χ2v) is 6.63. The van der Waals surface area contributed by atoms with E-state index >= 15 is 0 Å². The highest BCUT2D eigenvalue weighted by Crippen LogP contribution is 2.23. The van der Waals surface area contributed by atoms with Crippen molar-refractivity contribution >= 4 is 11.7 Å². The number of halogens is 1. The van der Waals surface area contributed by atoms with Crippen molar-refractivity contribution in [1.29, 1.82) is 0 Å². The highest BCUT2D eigenvalue weighted by molar-refractivity contribution is 5.73. The van der Waals surface area contributed by atoms with Crippen LogP contribution in [0.2, 0.25) is 0 Å². The molecule has 0 radical (unpaired) electrons. The first-order chi connectivity index (χ1) is 12.0. The van der Waals surface area contributed by atoms with Crippen LogP contribution in [-0.4, -0.2) is 47.6 Å². The Kier molecular flexibility index (Phi) is 5.21. The average molecular weight is 345 g/mol. The first-order valence-electron chi connectivity index (χ1n) is 8.51. The molecule has 2 amide bonds. The fourth-order valence-corrected chi connectivity index (χ4v) is 3.10. The first kappa shape index (κ1) is 17.3. The van der Waals surface area contributed by atoms with Gasteiger partial charge in [0.25, 0.3) is 0 Å². The van der Waals surface area contributed by atoms with Crippen LogP contribution in [0.15, 0.2) is 30.5 Å². The minimum Gasteiger partial charge on any atom is -0.371 e. The molecule has 1 aliphatic heterocycles. The molecule has 134 valence electrons. The number of carbonyl (C=O) groups excluding carboxylic acids is 1. The second-order valence-electron chi connectivity index (χ2n) is 6.63. The summed E-state index contributed by atoms with van der Waals surface area (Å²) in [5.41, 5.74) is 2.01. The summed E-state index contributed by atoms with van der Waals surface area (Å²) in [4.78, 5) is 23.4. The number of aryl methyl sites for hydroxylation is 1. The molecule has 1 saturated heterocycles. The summed E-state index contributed by atoms with van der Waals surface area (Å²) in [5, 5.41) is 2.99. The molecule has 1 atom stereocenters. The summed E-state index contributed by atoms with van der Waals surface area (Å²) in [7, 11) is 1.76. The number of rotatable bonds is 5. The normalized spacial score (nSPS) is 16.9. The van der Waals surface area contributed by atoms with Gasteiger partial charge in [0.15, 0.2) is 0 Å². The van der Waals surface area contributed by atoms with Gasteiger partial charge in [-0.2, -0.15) is 0 Å². The lowest BCUT2D eigenvalue weighted by atomic mass is 10.1. The Labute approximate surface area is 147 Å².